The van der Waals surface area contributed by atoms with Crippen molar-refractivity contribution in [3.63, 3.8) is 0 Å². The molecular weight excluding hydrogens is 413 g/mol. The number of anilines is 1. The van der Waals surface area contributed by atoms with Crippen LogP contribution in [0.4, 0.5) is 5.69 Å². The highest BCUT2D eigenvalue weighted by Crippen LogP contribution is 2.32. The Bertz CT molecular complexity index is 486. The molecule has 0 spiro atoms. The van der Waals surface area contributed by atoms with E-state index in [0.29, 0.717) is 13.2 Å². The average Bonchev–Trinajstić information content (AvgIpc) is 2.72. The summed E-state index contributed by atoms with van der Waals surface area (Å²) in [5.41, 5.74) is 0.947. The van der Waals surface area contributed by atoms with E-state index in [2.05, 4.69) is 28.8 Å². The zero-order valence-corrected chi connectivity index (χ0v) is 16.2. The van der Waals surface area contributed by atoms with Gasteiger partial charge in [0, 0.05) is 30.5 Å². The molecule has 1 aliphatic rings. The highest BCUT2D eigenvalue weighted by molar-refractivity contribution is 14.0. The molecule has 7 heteroatoms. The van der Waals surface area contributed by atoms with Gasteiger partial charge in [0.15, 0.2) is 17.5 Å². The number of nitrogens with one attached hydrogen (secondary N) is 2. The first-order chi connectivity index (χ1) is 10.3. The topological polar surface area (TPSA) is 54.9 Å². The Hall–Kier alpha value is -0.830. The van der Waals surface area contributed by atoms with E-state index in [9.17, 15) is 0 Å². The Morgan fingerprint density at radius 1 is 1.27 bits per heavy atom. The van der Waals surface area contributed by atoms with Gasteiger partial charge in [0.05, 0.1) is 19.8 Å². The summed E-state index contributed by atoms with van der Waals surface area (Å²) < 4.78 is 11.3. The summed E-state index contributed by atoms with van der Waals surface area (Å²) in [5.74, 6) is 3.40. The second-order valence-corrected chi connectivity index (χ2v) is 5.58. The van der Waals surface area contributed by atoms with Gasteiger partial charge >= 0.3 is 0 Å². The summed E-state index contributed by atoms with van der Waals surface area (Å²) in [6, 6.07) is 5.88. The number of halogens is 1. The molecule has 0 saturated carbocycles. The maximum Gasteiger partial charge on any atom is 0.195 e. The Morgan fingerprint density at radius 3 is 2.77 bits per heavy atom. The van der Waals surface area contributed by atoms with Gasteiger partial charge in [-0.05, 0) is 25.3 Å². The number of rotatable bonds is 5. The number of benzene rings is 1. The van der Waals surface area contributed by atoms with Gasteiger partial charge in [0.2, 0.25) is 0 Å². The predicted octanol–water partition coefficient (Wildman–Crippen LogP) is 3.21. The number of hydrogen-bond acceptors (Lipinski definition) is 4. The molecule has 22 heavy (non-hydrogen) atoms. The minimum absolute atomic E-state index is 0. The van der Waals surface area contributed by atoms with Crippen molar-refractivity contribution in [3.8, 4) is 11.5 Å². The average molecular weight is 437 g/mol. The van der Waals surface area contributed by atoms with Gasteiger partial charge in [-0.25, -0.2) is 0 Å². The summed E-state index contributed by atoms with van der Waals surface area (Å²) in [6.45, 7) is 5.08. The lowest BCUT2D eigenvalue weighted by Crippen LogP contribution is -2.30. The van der Waals surface area contributed by atoms with Crippen LogP contribution in [0.15, 0.2) is 23.2 Å². The zero-order chi connectivity index (χ0) is 14.9. The van der Waals surface area contributed by atoms with Crippen LogP contribution < -0.4 is 20.1 Å². The van der Waals surface area contributed by atoms with Crippen molar-refractivity contribution in [3.05, 3.63) is 18.2 Å². The summed E-state index contributed by atoms with van der Waals surface area (Å²) in [7, 11) is 0. The molecule has 0 aromatic heterocycles. The molecule has 0 radical (unpaired) electrons. The molecule has 124 valence electrons. The summed E-state index contributed by atoms with van der Waals surface area (Å²) in [5, 5.41) is 6.54. The Morgan fingerprint density at radius 2 is 2.05 bits per heavy atom. The standard InChI is InChI=1S/C15H23N3O2S.HI/c1-3-16-15(17-7-10-21-2)18-12-5-6-13-14(11-12)20-9-4-8-19-13;/h5-6,11H,3-4,7-10H2,1-2H3,(H2,16,17,18);1H. The van der Waals surface area contributed by atoms with Gasteiger partial charge in [-0.3, -0.25) is 4.99 Å². The predicted molar refractivity (Wildman–Crippen MR) is 105 cm³/mol. The summed E-state index contributed by atoms with van der Waals surface area (Å²) in [6.07, 6.45) is 3.00. The molecule has 0 bridgehead atoms. The van der Waals surface area contributed by atoms with Gasteiger partial charge < -0.3 is 20.1 Å². The van der Waals surface area contributed by atoms with Crippen molar-refractivity contribution in [2.45, 2.75) is 13.3 Å². The maximum atomic E-state index is 5.70. The van der Waals surface area contributed by atoms with E-state index >= 15 is 0 Å². The molecule has 0 amide bonds. The number of hydrogen-bond donors (Lipinski definition) is 2. The first-order valence-corrected chi connectivity index (χ1v) is 8.66. The monoisotopic (exact) mass is 437 g/mol. The molecule has 1 aromatic carbocycles. The normalized spacial score (nSPS) is 13.8. The van der Waals surface area contributed by atoms with Gasteiger partial charge in [-0.1, -0.05) is 0 Å². The smallest absolute Gasteiger partial charge is 0.195 e. The van der Waals surface area contributed by atoms with E-state index in [1.54, 1.807) is 11.8 Å². The van der Waals surface area contributed by atoms with E-state index < -0.39 is 0 Å². The van der Waals surface area contributed by atoms with Crippen LogP contribution in [0.2, 0.25) is 0 Å². The van der Waals surface area contributed by atoms with Crippen LogP contribution in [-0.4, -0.2) is 44.3 Å². The second kappa shape index (κ2) is 10.8. The quantitative estimate of drug-likeness (QED) is 0.321. The molecule has 0 aliphatic carbocycles. The lowest BCUT2D eigenvalue weighted by molar-refractivity contribution is 0.297. The van der Waals surface area contributed by atoms with E-state index in [4.69, 9.17) is 9.47 Å². The highest BCUT2D eigenvalue weighted by atomic mass is 127. The highest BCUT2D eigenvalue weighted by Gasteiger charge is 2.11. The molecule has 1 heterocycles. The van der Waals surface area contributed by atoms with Crippen LogP contribution in [0.3, 0.4) is 0 Å². The third-order valence-electron chi connectivity index (χ3n) is 2.92. The van der Waals surface area contributed by atoms with Gasteiger partial charge in [-0.2, -0.15) is 11.8 Å². The van der Waals surface area contributed by atoms with Gasteiger partial charge in [0.1, 0.15) is 0 Å². The van der Waals surface area contributed by atoms with Crippen LogP contribution in [-0.2, 0) is 0 Å². The van der Waals surface area contributed by atoms with E-state index in [0.717, 1.165) is 48.4 Å². The summed E-state index contributed by atoms with van der Waals surface area (Å²) >= 11 is 1.79. The number of aliphatic imine (C=N–C) groups is 1. The SMILES string of the molecule is CCNC(=NCCSC)Nc1ccc2c(c1)OCCCO2.I. The number of guanidine groups is 1. The molecule has 0 unspecified atom stereocenters. The van der Waals surface area contributed by atoms with Crippen molar-refractivity contribution in [2.75, 3.05) is 43.6 Å². The third-order valence-corrected chi connectivity index (χ3v) is 3.51. The molecular formula is C15H24IN3O2S. The van der Waals surface area contributed by atoms with Gasteiger partial charge in [-0.15, -0.1) is 24.0 Å². The molecule has 0 atom stereocenters. The third kappa shape index (κ3) is 6.12. The van der Waals surface area contributed by atoms with Crippen molar-refractivity contribution < 1.29 is 9.47 Å². The van der Waals surface area contributed by atoms with Crippen LogP contribution in [0.25, 0.3) is 0 Å². The molecule has 2 N–H and O–H groups in total. The molecule has 0 fully saturated rings. The number of fused-ring (bicyclic) bond motifs is 1. The molecule has 0 saturated heterocycles. The van der Waals surface area contributed by atoms with Crippen LogP contribution in [0.5, 0.6) is 11.5 Å². The maximum absolute atomic E-state index is 5.70. The molecule has 5 nitrogen and oxygen atoms in total. The largest absolute Gasteiger partial charge is 0.490 e. The number of nitrogens with zero attached hydrogens (tertiary/aromatic N) is 1. The van der Waals surface area contributed by atoms with Crippen molar-refractivity contribution >= 4 is 47.4 Å². The fourth-order valence-corrected chi connectivity index (χ4v) is 2.21. The van der Waals surface area contributed by atoms with E-state index in [1.807, 2.05) is 18.2 Å². The Balaban J connectivity index is 0.00000242. The summed E-state index contributed by atoms with van der Waals surface area (Å²) in [4.78, 5) is 4.53. The lowest BCUT2D eigenvalue weighted by Gasteiger charge is -2.13. The fourth-order valence-electron chi connectivity index (χ4n) is 1.93. The van der Waals surface area contributed by atoms with Crippen molar-refractivity contribution in [1.82, 2.24) is 5.32 Å². The van der Waals surface area contributed by atoms with Crippen molar-refractivity contribution in [1.29, 1.82) is 0 Å². The van der Waals surface area contributed by atoms with E-state index in [-0.39, 0.29) is 24.0 Å². The van der Waals surface area contributed by atoms with E-state index in [1.165, 1.54) is 0 Å². The minimum atomic E-state index is 0. The first-order valence-electron chi connectivity index (χ1n) is 7.27. The van der Waals surface area contributed by atoms with Crippen molar-refractivity contribution in [2.24, 2.45) is 4.99 Å². The first kappa shape index (κ1) is 19.2. The van der Waals surface area contributed by atoms with Gasteiger partial charge in [0.25, 0.3) is 0 Å². The molecule has 1 aromatic rings. The molecule has 1 aliphatic heterocycles. The fraction of sp³-hybridized carbons (Fsp3) is 0.533. The van der Waals surface area contributed by atoms with Crippen LogP contribution in [0.1, 0.15) is 13.3 Å². The Labute approximate surface area is 153 Å². The minimum Gasteiger partial charge on any atom is -0.490 e. The number of ether oxygens (including phenoxy) is 2. The number of thioether (sulfide) groups is 1. The zero-order valence-electron chi connectivity index (χ0n) is 13.1. The lowest BCUT2D eigenvalue weighted by atomic mass is 10.3. The second-order valence-electron chi connectivity index (χ2n) is 4.59. The molecule has 2 rings (SSSR count). The Kier molecular flexibility index (Phi) is 9.45. The van der Waals surface area contributed by atoms with Crippen LogP contribution >= 0.6 is 35.7 Å². The van der Waals surface area contributed by atoms with Crippen LogP contribution in [0, 0.1) is 0 Å².